The molecule has 2 heteroatoms. The van der Waals surface area contributed by atoms with Crippen molar-refractivity contribution in [2.45, 2.75) is 32.2 Å². The molecule has 0 aliphatic rings. The maximum atomic E-state index is 5.86. The molecule has 2 nitrogen and oxygen atoms in total. The molecular weight excluding hydrogens is 196 g/mol. The van der Waals surface area contributed by atoms with Gasteiger partial charge >= 0.3 is 0 Å². The highest BCUT2D eigenvalue weighted by atomic mass is 14.6. The average Bonchev–Trinajstić information content (AvgIpc) is 2.27. The van der Waals surface area contributed by atoms with Gasteiger partial charge in [-0.25, -0.2) is 0 Å². The lowest BCUT2D eigenvalue weighted by atomic mass is 9.92. The summed E-state index contributed by atoms with van der Waals surface area (Å²) in [5.74, 6) is 0.480. The van der Waals surface area contributed by atoms with Crippen LogP contribution < -0.4 is 5.73 Å². The van der Waals surface area contributed by atoms with Crippen LogP contribution in [-0.4, -0.2) is 11.0 Å². The fourth-order valence-electron chi connectivity index (χ4n) is 2.24. The summed E-state index contributed by atoms with van der Waals surface area (Å²) in [6.45, 7) is 4.28. The Hall–Kier alpha value is -1.41. The first-order valence-corrected chi connectivity index (χ1v) is 5.77. The van der Waals surface area contributed by atoms with Crippen molar-refractivity contribution in [3.63, 3.8) is 0 Å². The molecule has 0 bridgehead atoms. The Morgan fingerprint density at radius 3 is 2.75 bits per heavy atom. The molecule has 0 saturated carbocycles. The molecule has 0 fully saturated rings. The van der Waals surface area contributed by atoms with Gasteiger partial charge in [-0.3, -0.25) is 4.98 Å². The van der Waals surface area contributed by atoms with Gasteiger partial charge in [0.05, 0.1) is 5.52 Å². The quantitative estimate of drug-likeness (QED) is 0.852. The highest BCUT2D eigenvalue weighted by Crippen LogP contribution is 2.26. The Morgan fingerprint density at radius 2 is 2.00 bits per heavy atom. The molecule has 1 aromatic carbocycles. The van der Waals surface area contributed by atoms with Crippen molar-refractivity contribution in [1.82, 2.24) is 4.98 Å². The van der Waals surface area contributed by atoms with Gasteiger partial charge in [0.15, 0.2) is 0 Å². The van der Waals surface area contributed by atoms with Crippen LogP contribution in [0.5, 0.6) is 0 Å². The van der Waals surface area contributed by atoms with E-state index < -0.39 is 0 Å². The van der Waals surface area contributed by atoms with Gasteiger partial charge < -0.3 is 5.73 Å². The molecule has 0 aliphatic carbocycles. The zero-order valence-corrected chi connectivity index (χ0v) is 9.85. The van der Waals surface area contributed by atoms with E-state index >= 15 is 0 Å². The summed E-state index contributed by atoms with van der Waals surface area (Å²) in [5.41, 5.74) is 8.28. The van der Waals surface area contributed by atoms with Gasteiger partial charge in [0, 0.05) is 17.6 Å². The second-order valence-corrected chi connectivity index (χ2v) is 4.53. The normalized spacial score (nSPS) is 14.9. The highest BCUT2D eigenvalue weighted by Gasteiger charge is 2.11. The van der Waals surface area contributed by atoms with Gasteiger partial charge in [0.25, 0.3) is 0 Å². The van der Waals surface area contributed by atoms with Gasteiger partial charge in [-0.1, -0.05) is 25.1 Å². The number of aromatic nitrogens is 1. The van der Waals surface area contributed by atoms with Crippen molar-refractivity contribution in [2.24, 2.45) is 5.73 Å². The summed E-state index contributed by atoms with van der Waals surface area (Å²) in [6.07, 6.45) is 2.84. The van der Waals surface area contributed by atoms with Crippen molar-refractivity contribution in [2.75, 3.05) is 0 Å². The Labute approximate surface area is 96.5 Å². The maximum absolute atomic E-state index is 5.86. The summed E-state index contributed by atoms with van der Waals surface area (Å²) in [6, 6.07) is 10.7. The second-order valence-electron chi connectivity index (χ2n) is 4.53. The molecule has 0 amide bonds. The van der Waals surface area contributed by atoms with Gasteiger partial charge in [0.2, 0.25) is 0 Å². The first-order valence-electron chi connectivity index (χ1n) is 5.77. The molecule has 0 saturated heterocycles. The SMILES string of the molecule is CC(N)CC(C)c1cccc2ncccc12. The first kappa shape index (κ1) is 11.1. The predicted molar refractivity (Wildman–Crippen MR) is 68.4 cm³/mol. The van der Waals surface area contributed by atoms with E-state index in [0.29, 0.717) is 5.92 Å². The minimum Gasteiger partial charge on any atom is -0.328 e. The molecule has 2 aromatic rings. The number of pyridine rings is 1. The van der Waals surface area contributed by atoms with E-state index in [4.69, 9.17) is 5.73 Å². The van der Waals surface area contributed by atoms with E-state index in [1.165, 1.54) is 10.9 Å². The van der Waals surface area contributed by atoms with Crippen LogP contribution in [0.15, 0.2) is 36.5 Å². The number of rotatable bonds is 3. The number of nitrogens with two attached hydrogens (primary N) is 1. The van der Waals surface area contributed by atoms with Crippen LogP contribution in [-0.2, 0) is 0 Å². The van der Waals surface area contributed by atoms with E-state index in [1.807, 2.05) is 12.3 Å². The van der Waals surface area contributed by atoms with Gasteiger partial charge in [-0.05, 0) is 37.0 Å². The van der Waals surface area contributed by atoms with E-state index in [2.05, 4.69) is 43.1 Å². The van der Waals surface area contributed by atoms with Crippen molar-refractivity contribution < 1.29 is 0 Å². The number of nitrogens with zero attached hydrogens (tertiary/aromatic N) is 1. The van der Waals surface area contributed by atoms with Gasteiger partial charge in [-0.15, -0.1) is 0 Å². The lowest BCUT2D eigenvalue weighted by Gasteiger charge is -2.16. The number of hydrogen-bond acceptors (Lipinski definition) is 2. The summed E-state index contributed by atoms with van der Waals surface area (Å²) in [7, 11) is 0. The predicted octanol–water partition coefficient (Wildman–Crippen LogP) is 3.08. The minimum absolute atomic E-state index is 0.238. The van der Waals surface area contributed by atoms with Gasteiger partial charge in [0.1, 0.15) is 0 Å². The standard InChI is InChI=1S/C14H18N2/c1-10(9-11(2)15)12-5-3-7-14-13(12)6-4-8-16-14/h3-8,10-11H,9,15H2,1-2H3. The molecular formula is C14H18N2. The molecule has 2 rings (SSSR count). The molecule has 2 unspecified atom stereocenters. The average molecular weight is 214 g/mol. The van der Waals surface area contributed by atoms with Crippen LogP contribution in [0.4, 0.5) is 0 Å². The zero-order chi connectivity index (χ0) is 11.5. The fraction of sp³-hybridized carbons (Fsp3) is 0.357. The molecule has 16 heavy (non-hydrogen) atoms. The van der Waals surface area contributed by atoms with Crippen LogP contribution in [0.3, 0.4) is 0 Å². The van der Waals surface area contributed by atoms with Crippen LogP contribution in [0.25, 0.3) is 10.9 Å². The molecule has 0 aliphatic heterocycles. The fourth-order valence-corrected chi connectivity index (χ4v) is 2.24. The molecule has 1 aromatic heterocycles. The van der Waals surface area contributed by atoms with Gasteiger partial charge in [-0.2, -0.15) is 0 Å². The summed E-state index contributed by atoms with van der Waals surface area (Å²) < 4.78 is 0. The molecule has 2 atom stereocenters. The Morgan fingerprint density at radius 1 is 1.19 bits per heavy atom. The molecule has 1 heterocycles. The third kappa shape index (κ3) is 2.22. The largest absolute Gasteiger partial charge is 0.328 e. The lowest BCUT2D eigenvalue weighted by molar-refractivity contribution is 0.588. The molecule has 0 radical (unpaired) electrons. The summed E-state index contributed by atoms with van der Waals surface area (Å²) in [4.78, 5) is 4.37. The first-order chi connectivity index (χ1) is 7.68. The third-order valence-electron chi connectivity index (χ3n) is 2.94. The monoisotopic (exact) mass is 214 g/mol. The van der Waals surface area contributed by atoms with E-state index in [9.17, 15) is 0 Å². The molecule has 2 N–H and O–H groups in total. The van der Waals surface area contributed by atoms with E-state index in [1.54, 1.807) is 0 Å². The summed E-state index contributed by atoms with van der Waals surface area (Å²) in [5, 5.41) is 1.25. The molecule has 84 valence electrons. The van der Waals surface area contributed by atoms with Crippen LogP contribution >= 0.6 is 0 Å². The number of benzene rings is 1. The van der Waals surface area contributed by atoms with Crippen molar-refractivity contribution in [3.05, 3.63) is 42.1 Å². The van der Waals surface area contributed by atoms with Crippen molar-refractivity contribution in [3.8, 4) is 0 Å². The van der Waals surface area contributed by atoms with Crippen LogP contribution in [0, 0.1) is 0 Å². The lowest BCUT2D eigenvalue weighted by Crippen LogP contribution is -2.17. The van der Waals surface area contributed by atoms with Crippen LogP contribution in [0.1, 0.15) is 31.7 Å². The minimum atomic E-state index is 0.238. The maximum Gasteiger partial charge on any atom is 0.0704 e. The van der Waals surface area contributed by atoms with Crippen molar-refractivity contribution in [1.29, 1.82) is 0 Å². The topological polar surface area (TPSA) is 38.9 Å². The Kier molecular flexibility index (Phi) is 3.20. The summed E-state index contributed by atoms with van der Waals surface area (Å²) >= 11 is 0. The van der Waals surface area contributed by atoms with Crippen LogP contribution in [0.2, 0.25) is 0 Å². The van der Waals surface area contributed by atoms with E-state index in [0.717, 1.165) is 11.9 Å². The number of hydrogen-bond donors (Lipinski definition) is 1. The highest BCUT2D eigenvalue weighted by molar-refractivity contribution is 5.82. The number of fused-ring (bicyclic) bond motifs is 1. The smallest absolute Gasteiger partial charge is 0.0704 e. The Balaban J connectivity index is 2.44. The molecule has 0 spiro atoms. The van der Waals surface area contributed by atoms with Crippen molar-refractivity contribution >= 4 is 10.9 Å². The Bertz CT molecular complexity index is 472. The zero-order valence-electron chi connectivity index (χ0n) is 9.85. The van der Waals surface area contributed by atoms with E-state index in [-0.39, 0.29) is 6.04 Å². The third-order valence-corrected chi connectivity index (χ3v) is 2.94. The second kappa shape index (κ2) is 4.62.